The first-order valence-electron chi connectivity index (χ1n) is 7.00. The Balaban J connectivity index is 1.70. The zero-order valence-electron chi connectivity index (χ0n) is 12.5. The van der Waals surface area contributed by atoms with Crippen LogP contribution in [0.25, 0.3) is 0 Å². The van der Waals surface area contributed by atoms with Gasteiger partial charge in [0, 0.05) is 32.1 Å². The van der Waals surface area contributed by atoms with E-state index in [4.69, 9.17) is 10.00 Å². The number of aromatic nitrogens is 3. The lowest BCUT2D eigenvalue weighted by atomic mass is 10.3. The normalized spacial score (nSPS) is 18.7. The summed E-state index contributed by atoms with van der Waals surface area (Å²) in [6.07, 6.45) is 4.68. The third-order valence-corrected chi connectivity index (χ3v) is 5.30. The minimum absolute atomic E-state index is 0.0326. The van der Waals surface area contributed by atoms with Crippen LogP contribution in [0, 0.1) is 11.3 Å². The Morgan fingerprint density at radius 2 is 2.26 bits per heavy atom. The van der Waals surface area contributed by atoms with E-state index in [2.05, 4.69) is 9.97 Å². The van der Waals surface area contributed by atoms with Gasteiger partial charge in [0.1, 0.15) is 6.10 Å². The maximum Gasteiger partial charge on any atom is 0.262 e. The minimum Gasteiger partial charge on any atom is -0.473 e. The first-order valence-corrected chi connectivity index (χ1v) is 8.44. The van der Waals surface area contributed by atoms with Crippen molar-refractivity contribution in [1.29, 1.82) is 5.26 Å². The molecule has 0 saturated carbocycles. The summed E-state index contributed by atoms with van der Waals surface area (Å²) in [7, 11) is -1.89. The zero-order chi connectivity index (χ0) is 16.4. The van der Waals surface area contributed by atoms with Gasteiger partial charge in [0.15, 0.2) is 5.03 Å². The quantitative estimate of drug-likeness (QED) is 0.809. The monoisotopic (exact) mass is 333 g/mol. The van der Waals surface area contributed by atoms with E-state index in [9.17, 15) is 8.42 Å². The maximum atomic E-state index is 12.5. The maximum absolute atomic E-state index is 12.5. The third kappa shape index (κ3) is 3.18. The SMILES string of the molecule is Cn1cnc(S(=O)(=O)N2CCC(Oc3cc(C#N)ccn3)C2)c1. The molecule has 3 heterocycles. The predicted molar refractivity (Wildman–Crippen MR) is 80.0 cm³/mol. The molecule has 0 bridgehead atoms. The molecule has 1 aliphatic rings. The highest BCUT2D eigenvalue weighted by atomic mass is 32.2. The molecular formula is C14H15N5O3S. The van der Waals surface area contributed by atoms with E-state index in [1.807, 2.05) is 6.07 Å². The molecule has 2 aromatic heterocycles. The van der Waals surface area contributed by atoms with Crippen LogP contribution in [0.5, 0.6) is 5.88 Å². The fraction of sp³-hybridized carbons (Fsp3) is 0.357. The number of ether oxygens (including phenoxy) is 1. The lowest BCUT2D eigenvalue weighted by molar-refractivity contribution is 0.207. The van der Waals surface area contributed by atoms with Crippen LogP contribution in [-0.4, -0.2) is 46.5 Å². The third-order valence-electron chi connectivity index (χ3n) is 3.54. The molecule has 1 fully saturated rings. The number of nitriles is 1. The highest BCUT2D eigenvalue weighted by molar-refractivity contribution is 7.89. The van der Waals surface area contributed by atoms with Crippen molar-refractivity contribution in [3.63, 3.8) is 0 Å². The molecule has 1 aliphatic heterocycles. The van der Waals surface area contributed by atoms with E-state index in [0.29, 0.717) is 24.4 Å². The van der Waals surface area contributed by atoms with Crippen molar-refractivity contribution < 1.29 is 13.2 Å². The second-order valence-corrected chi connectivity index (χ2v) is 7.15. The molecule has 2 aromatic rings. The number of pyridine rings is 1. The van der Waals surface area contributed by atoms with Crippen LogP contribution < -0.4 is 4.74 Å². The topological polar surface area (TPSA) is 101 Å². The van der Waals surface area contributed by atoms with E-state index in [1.165, 1.54) is 29.1 Å². The standard InChI is InChI=1S/C14H15N5O3S/c1-18-9-14(17-10-18)23(20,21)19-5-3-12(8-19)22-13-6-11(7-15)2-4-16-13/h2,4,6,9-10,12H,3,5,8H2,1H3. The Morgan fingerprint density at radius 1 is 1.43 bits per heavy atom. The fourth-order valence-corrected chi connectivity index (χ4v) is 3.83. The zero-order valence-corrected chi connectivity index (χ0v) is 13.3. The van der Waals surface area contributed by atoms with Crippen LogP contribution in [0.4, 0.5) is 0 Å². The first kappa shape index (κ1) is 15.5. The molecule has 23 heavy (non-hydrogen) atoms. The lowest BCUT2D eigenvalue weighted by Crippen LogP contribution is -2.31. The van der Waals surface area contributed by atoms with Crippen LogP contribution in [-0.2, 0) is 17.1 Å². The van der Waals surface area contributed by atoms with Crippen molar-refractivity contribution in [2.24, 2.45) is 7.05 Å². The van der Waals surface area contributed by atoms with Gasteiger partial charge in [-0.05, 0) is 12.5 Å². The van der Waals surface area contributed by atoms with E-state index in [-0.39, 0.29) is 17.7 Å². The smallest absolute Gasteiger partial charge is 0.262 e. The summed E-state index contributed by atoms with van der Waals surface area (Å²) in [6, 6.07) is 5.13. The Labute approximate surface area is 134 Å². The number of sulfonamides is 1. The number of imidazole rings is 1. The van der Waals surface area contributed by atoms with E-state index in [0.717, 1.165) is 0 Å². The van der Waals surface area contributed by atoms with Crippen molar-refractivity contribution in [3.8, 4) is 11.9 Å². The van der Waals surface area contributed by atoms with Crippen LogP contribution in [0.15, 0.2) is 35.9 Å². The van der Waals surface area contributed by atoms with Crippen LogP contribution >= 0.6 is 0 Å². The molecule has 0 aromatic carbocycles. The van der Waals surface area contributed by atoms with Gasteiger partial charge in [-0.2, -0.15) is 9.57 Å². The molecule has 1 saturated heterocycles. The highest BCUT2D eigenvalue weighted by Crippen LogP contribution is 2.22. The number of rotatable bonds is 4. The predicted octanol–water partition coefficient (Wildman–Crippen LogP) is 0.529. The van der Waals surface area contributed by atoms with Crippen molar-refractivity contribution in [2.45, 2.75) is 17.6 Å². The summed E-state index contributed by atoms with van der Waals surface area (Å²) in [5.41, 5.74) is 0.450. The average Bonchev–Trinajstić information content (AvgIpc) is 3.17. The molecule has 0 spiro atoms. The molecule has 1 atom stereocenters. The second-order valence-electron chi connectivity index (χ2n) is 5.26. The molecular weight excluding hydrogens is 318 g/mol. The van der Waals surface area contributed by atoms with Crippen LogP contribution in [0.1, 0.15) is 12.0 Å². The molecule has 0 radical (unpaired) electrons. The van der Waals surface area contributed by atoms with Crippen molar-refractivity contribution >= 4 is 10.0 Å². The molecule has 3 rings (SSSR count). The lowest BCUT2D eigenvalue weighted by Gasteiger charge is -2.15. The average molecular weight is 333 g/mol. The van der Waals surface area contributed by atoms with Gasteiger partial charge >= 0.3 is 0 Å². The van der Waals surface area contributed by atoms with Gasteiger partial charge in [-0.1, -0.05) is 0 Å². The molecule has 120 valence electrons. The summed E-state index contributed by atoms with van der Waals surface area (Å²) in [4.78, 5) is 7.95. The second kappa shape index (κ2) is 5.98. The van der Waals surface area contributed by atoms with E-state index in [1.54, 1.807) is 17.7 Å². The Kier molecular flexibility index (Phi) is 4.02. The number of nitrogens with zero attached hydrogens (tertiary/aromatic N) is 5. The first-order chi connectivity index (χ1) is 11.0. The van der Waals surface area contributed by atoms with E-state index >= 15 is 0 Å². The number of hydrogen-bond acceptors (Lipinski definition) is 6. The fourth-order valence-electron chi connectivity index (χ4n) is 2.38. The van der Waals surface area contributed by atoms with Crippen molar-refractivity contribution in [2.75, 3.05) is 13.1 Å². The molecule has 1 unspecified atom stereocenters. The number of hydrogen-bond donors (Lipinski definition) is 0. The van der Waals surface area contributed by atoms with Gasteiger partial charge in [0.2, 0.25) is 5.88 Å². The van der Waals surface area contributed by atoms with Gasteiger partial charge in [-0.3, -0.25) is 0 Å². The summed E-state index contributed by atoms with van der Waals surface area (Å²) < 4.78 is 33.6. The largest absolute Gasteiger partial charge is 0.473 e. The molecule has 8 nitrogen and oxygen atoms in total. The molecule has 0 N–H and O–H groups in total. The molecule has 9 heteroatoms. The van der Waals surface area contributed by atoms with Crippen molar-refractivity contribution in [3.05, 3.63) is 36.4 Å². The summed E-state index contributed by atoms with van der Waals surface area (Å²) in [5.74, 6) is 0.325. The van der Waals surface area contributed by atoms with Gasteiger partial charge < -0.3 is 9.30 Å². The van der Waals surface area contributed by atoms with Gasteiger partial charge in [-0.25, -0.2) is 18.4 Å². The van der Waals surface area contributed by atoms with Crippen LogP contribution in [0.2, 0.25) is 0 Å². The highest BCUT2D eigenvalue weighted by Gasteiger charge is 2.35. The van der Waals surface area contributed by atoms with Gasteiger partial charge in [0.05, 0.1) is 24.5 Å². The Morgan fingerprint density at radius 3 is 2.96 bits per heavy atom. The van der Waals surface area contributed by atoms with Gasteiger partial charge in [-0.15, -0.1) is 0 Å². The van der Waals surface area contributed by atoms with Crippen LogP contribution in [0.3, 0.4) is 0 Å². The van der Waals surface area contributed by atoms with E-state index < -0.39 is 10.0 Å². The minimum atomic E-state index is -3.61. The van der Waals surface area contributed by atoms with Crippen molar-refractivity contribution in [1.82, 2.24) is 18.8 Å². The summed E-state index contributed by atoms with van der Waals surface area (Å²) in [5, 5.41) is 8.90. The number of aryl methyl sites for hydroxylation is 1. The molecule has 0 aliphatic carbocycles. The Hall–Kier alpha value is -2.44. The molecule has 0 amide bonds. The summed E-state index contributed by atoms with van der Waals surface area (Å²) >= 11 is 0. The van der Waals surface area contributed by atoms with Gasteiger partial charge in [0.25, 0.3) is 10.0 Å². The Bertz CT molecular complexity index is 855. The summed E-state index contributed by atoms with van der Waals surface area (Å²) in [6.45, 7) is 0.596.